The van der Waals surface area contributed by atoms with Crippen molar-refractivity contribution in [2.75, 3.05) is 0 Å². The lowest BCUT2D eigenvalue weighted by molar-refractivity contribution is -0.137. The van der Waals surface area contributed by atoms with Crippen LogP contribution in [-0.2, 0) is 33.7 Å². The van der Waals surface area contributed by atoms with Crippen molar-refractivity contribution < 1.29 is 24.2 Å². The van der Waals surface area contributed by atoms with E-state index in [9.17, 15) is 24.0 Å². The number of aromatic nitrogens is 2. The summed E-state index contributed by atoms with van der Waals surface area (Å²) in [5.41, 5.74) is 7.82. The Kier molecular flexibility index (Phi) is 9.24. The largest absolute Gasteiger partial charge is 0.481 e. The number of carboxylic acid groups (broad SMARTS) is 1. The Morgan fingerprint density at radius 3 is 2.60 bits per heavy atom. The normalized spacial score (nSPS) is 15.3. The Hall–Kier alpha value is -3.93. The van der Waals surface area contributed by atoms with Crippen molar-refractivity contribution in [2.24, 2.45) is 5.73 Å². The average molecular weight is 644 g/mol. The molecule has 3 aromatic rings. The topological polar surface area (TPSA) is 174 Å². The van der Waals surface area contributed by atoms with E-state index in [2.05, 4.69) is 26.2 Å². The number of aliphatic carboxylic acids is 1. The number of nitrogens with one attached hydrogen (secondary N) is 2. The van der Waals surface area contributed by atoms with Crippen LogP contribution in [0.2, 0.25) is 0 Å². The monoisotopic (exact) mass is 642 g/mol. The Morgan fingerprint density at radius 1 is 1.19 bits per heavy atom. The second-order valence-corrected chi connectivity index (χ2v) is 12.5. The zero-order valence-electron chi connectivity index (χ0n) is 23.8. The predicted molar refractivity (Wildman–Crippen MR) is 161 cm³/mol. The molecule has 12 heteroatoms. The highest BCUT2D eigenvalue weighted by atomic mass is 79.9. The number of nitrogens with zero attached hydrogens (tertiary/aromatic N) is 1. The number of alkyl carbamates (subject to hydrolysis) is 1. The van der Waals surface area contributed by atoms with Crippen LogP contribution in [0.25, 0.3) is 11.0 Å². The first kappa shape index (κ1) is 31.0. The number of nitrogens with two attached hydrogens (primary N) is 1. The predicted octanol–water partition coefficient (Wildman–Crippen LogP) is 4.03. The summed E-state index contributed by atoms with van der Waals surface area (Å²) < 4.78 is 7.48. The lowest BCUT2D eigenvalue weighted by atomic mass is 9.81. The molecule has 1 aliphatic heterocycles. The Labute approximate surface area is 250 Å². The molecule has 0 spiro atoms. The van der Waals surface area contributed by atoms with Crippen LogP contribution < -0.4 is 22.2 Å². The summed E-state index contributed by atoms with van der Waals surface area (Å²) in [5, 5.41) is 11.8. The van der Waals surface area contributed by atoms with Gasteiger partial charge in [0.1, 0.15) is 5.60 Å². The summed E-state index contributed by atoms with van der Waals surface area (Å²) in [7, 11) is 0. The quantitative estimate of drug-likeness (QED) is 0.191. The molecule has 2 amide bonds. The van der Waals surface area contributed by atoms with E-state index in [4.69, 9.17) is 15.6 Å². The third kappa shape index (κ3) is 7.10. The van der Waals surface area contributed by atoms with Gasteiger partial charge in [0, 0.05) is 17.4 Å². The number of unbranched alkanes of at least 4 members (excludes halogenated alkanes) is 1. The summed E-state index contributed by atoms with van der Waals surface area (Å²) in [6.07, 6.45) is 1.79. The van der Waals surface area contributed by atoms with Crippen LogP contribution in [0.4, 0.5) is 4.79 Å². The minimum absolute atomic E-state index is 0.00358. The van der Waals surface area contributed by atoms with Crippen LogP contribution in [0, 0.1) is 0 Å². The van der Waals surface area contributed by atoms with Gasteiger partial charge in [0.2, 0.25) is 5.91 Å². The summed E-state index contributed by atoms with van der Waals surface area (Å²) in [6, 6.07) is 8.29. The fourth-order valence-electron chi connectivity index (χ4n) is 5.60. The fourth-order valence-corrected chi connectivity index (χ4v) is 6.10. The van der Waals surface area contributed by atoms with Crippen LogP contribution in [0.3, 0.4) is 0 Å². The maximum Gasteiger partial charge on any atom is 0.407 e. The van der Waals surface area contributed by atoms with Gasteiger partial charge in [-0.05, 0) is 87.3 Å². The second kappa shape index (κ2) is 12.5. The van der Waals surface area contributed by atoms with E-state index in [-0.39, 0.29) is 13.0 Å². The molecule has 0 saturated carbocycles. The van der Waals surface area contributed by atoms with Gasteiger partial charge in [0.05, 0.1) is 23.0 Å². The highest BCUT2D eigenvalue weighted by Gasteiger charge is 2.36. The molecule has 11 nitrogen and oxygen atoms in total. The molecule has 2 atom stereocenters. The zero-order chi connectivity index (χ0) is 30.8. The minimum atomic E-state index is -0.938. The SMILES string of the molecule is CC(C)(C)OC(=O)NCc1ccc(C(C(N)=O)[C@@H]2CCc3cc(Br)cc4[nH]c(=O)c(=O)n2c34)c(CCCCC(=O)O)c1. The molecule has 1 aromatic heterocycles. The van der Waals surface area contributed by atoms with Crippen molar-refractivity contribution >= 4 is 44.9 Å². The Bertz CT molecular complexity index is 1650. The Balaban J connectivity index is 1.76. The maximum absolute atomic E-state index is 13.3. The molecule has 1 aliphatic rings. The molecule has 42 heavy (non-hydrogen) atoms. The molecule has 4 rings (SSSR count). The second-order valence-electron chi connectivity index (χ2n) is 11.6. The number of hydrogen-bond donors (Lipinski definition) is 4. The number of hydrogen-bond acceptors (Lipinski definition) is 6. The summed E-state index contributed by atoms with van der Waals surface area (Å²) in [6.45, 7) is 5.46. The molecular formula is C30H35BrN4O7. The number of benzene rings is 2. The highest BCUT2D eigenvalue weighted by Crippen LogP contribution is 2.40. The van der Waals surface area contributed by atoms with Gasteiger partial charge >= 0.3 is 23.2 Å². The number of amides is 2. The van der Waals surface area contributed by atoms with Gasteiger partial charge in [-0.15, -0.1) is 0 Å². The molecule has 224 valence electrons. The van der Waals surface area contributed by atoms with E-state index in [0.717, 1.165) is 21.2 Å². The third-order valence-corrected chi connectivity index (χ3v) is 7.71. The number of ether oxygens (including phenoxy) is 1. The van der Waals surface area contributed by atoms with E-state index >= 15 is 0 Å². The first-order valence-corrected chi connectivity index (χ1v) is 14.6. The smallest absolute Gasteiger partial charge is 0.407 e. The molecule has 0 aliphatic carbocycles. The van der Waals surface area contributed by atoms with E-state index in [1.807, 2.05) is 12.1 Å². The van der Waals surface area contributed by atoms with Crippen LogP contribution in [0.15, 0.2) is 44.4 Å². The number of carboxylic acids is 1. The van der Waals surface area contributed by atoms with Crippen LogP contribution >= 0.6 is 15.9 Å². The van der Waals surface area contributed by atoms with Crippen molar-refractivity contribution in [3.63, 3.8) is 0 Å². The van der Waals surface area contributed by atoms with Gasteiger partial charge in [0.15, 0.2) is 0 Å². The van der Waals surface area contributed by atoms with Gasteiger partial charge < -0.3 is 25.9 Å². The molecule has 5 N–H and O–H groups in total. The molecular weight excluding hydrogens is 608 g/mol. The average Bonchev–Trinajstić information content (AvgIpc) is 2.88. The Morgan fingerprint density at radius 2 is 1.93 bits per heavy atom. The highest BCUT2D eigenvalue weighted by molar-refractivity contribution is 9.10. The summed E-state index contributed by atoms with van der Waals surface area (Å²) >= 11 is 3.46. The van der Waals surface area contributed by atoms with E-state index in [1.54, 1.807) is 39.0 Å². The number of aromatic amines is 1. The van der Waals surface area contributed by atoms with Gasteiger partial charge in [-0.25, -0.2) is 4.79 Å². The van der Waals surface area contributed by atoms with E-state index in [0.29, 0.717) is 48.7 Å². The number of primary amides is 1. The lowest BCUT2D eigenvalue weighted by Gasteiger charge is -2.33. The van der Waals surface area contributed by atoms with Crippen LogP contribution in [0.1, 0.15) is 80.7 Å². The van der Waals surface area contributed by atoms with Crippen molar-refractivity contribution in [3.05, 3.63) is 77.8 Å². The number of aryl methyl sites for hydroxylation is 2. The van der Waals surface area contributed by atoms with Gasteiger partial charge in [-0.2, -0.15) is 0 Å². The molecule has 0 bridgehead atoms. The van der Waals surface area contributed by atoms with Crippen LogP contribution in [-0.4, -0.2) is 38.2 Å². The number of carbonyl (C=O) groups is 3. The molecule has 2 aromatic carbocycles. The van der Waals surface area contributed by atoms with Gasteiger partial charge in [0.25, 0.3) is 0 Å². The molecule has 0 fully saturated rings. The van der Waals surface area contributed by atoms with Gasteiger partial charge in [-0.3, -0.25) is 23.7 Å². The van der Waals surface area contributed by atoms with Crippen molar-refractivity contribution in [2.45, 2.75) is 83.4 Å². The van der Waals surface area contributed by atoms with Crippen molar-refractivity contribution in [1.29, 1.82) is 0 Å². The first-order valence-electron chi connectivity index (χ1n) is 13.8. The van der Waals surface area contributed by atoms with Gasteiger partial charge in [-0.1, -0.05) is 34.1 Å². The van der Waals surface area contributed by atoms with E-state index in [1.165, 1.54) is 4.57 Å². The standard InChI is InChI=1S/C30H35BrN4O7/c1-30(2,3)42-29(41)33-15-16-8-10-20(17(12-16)6-4-5-7-23(36)37)24(26(32)38)22-11-9-18-13-19(31)14-21-25(18)35(22)28(40)27(39)34-21/h8,10,12-14,22,24H,4-7,9,11,15H2,1-3H3,(H2,32,38)(H,33,41)(H,34,39)(H,36,37)/t22-,24?/m0/s1. The molecule has 0 radical (unpaired) electrons. The minimum Gasteiger partial charge on any atom is -0.481 e. The van der Waals surface area contributed by atoms with Crippen LogP contribution in [0.5, 0.6) is 0 Å². The molecule has 0 saturated heterocycles. The summed E-state index contributed by atoms with van der Waals surface area (Å²) in [4.78, 5) is 65.0. The van der Waals surface area contributed by atoms with E-state index < -0.39 is 46.6 Å². The fraction of sp³-hybridized carbons (Fsp3) is 0.433. The first-order chi connectivity index (χ1) is 19.7. The number of halogens is 1. The van der Waals surface area contributed by atoms with Crippen molar-refractivity contribution in [3.8, 4) is 0 Å². The molecule has 1 unspecified atom stereocenters. The third-order valence-electron chi connectivity index (χ3n) is 7.25. The lowest BCUT2D eigenvalue weighted by Crippen LogP contribution is -2.44. The molecule has 2 heterocycles. The number of rotatable bonds is 10. The number of H-pyrrole nitrogens is 1. The zero-order valence-corrected chi connectivity index (χ0v) is 25.4. The maximum atomic E-state index is 13.3. The summed E-state index contributed by atoms with van der Waals surface area (Å²) in [5.74, 6) is -2.48. The number of carbonyl (C=O) groups excluding carboxylic acids is 2. The van der Waals surface area contributed by atoms with Crippen molar-refractivity contribution in [1.82, 2.24) is 14.9 Å².